The Morgan fingerprint density at radius 3 is 2.22 bits per heavy atom. The normalized spacial score (nSPS) is 21.3. The van der Waals surface area contributed by atoms with E-state index in [4.69, 9.17) is 9.47 Å². The molecule has 0 aromatic rings. The molecule has 0 aromatic heterocycles. The monoisotopic (exact) mass is 360 g/mol. The molecule has 0 radical (unpaired) electrons. The minimum absolute atomic E-state index is 0.240. The molecule has 0 saturated carbocycles. The molecule has 2 aliphatic rings. The molecule has 0 spiro atoms. The van der Waals surface area contributed by atoms with Crippen molar-refractivity contribution >= 4 is 33.5 Å². The molecule has 0 amide bonds. The van der Waals surface area contributed by atoms with E-state index in [1.807, 2.05) is 6.92 Å². The lowest BCUT2D eigenvalue weighted by Gasteiger charge is -2.15. The van der Waals surface area contributed by atoms with Crippen molar-refractivity contribution in [2.75, 3.05) is 17.3 Å². The molecule has 8 heteroatoms. The summed E-state index contributed by atoms with van der Waals surface area (Å²) in [6.07, 6.45) is 4.68. The van der Waals surface area contributed by atoms with Crippen LogP contribution in [-0.2, 0) is 40.7 Å². The second kappa shape index (κ2) is 8.54. The molecule has 0 fully saturated rings. The van der Waals surface area contributed by atoms with Gasteiger partial charge in [0.05, 0.1) is 18.1 Å². The summed E-state index contributed by atoms with van der Waals surface area (Å²) in [5, 5.41) is -0.307. The second-order valence-electron chi connectivity index (χ2n) is 5.25. The topological polar surface area (TPSA) is 86.7 Å². The van der Waals surface area contributed by atoms with Crippen LogP contribution in [0.25, 0.3) is 0 Å². The molecular formula is C15H20O6S2. The highest BCUT2D eigenvalue weighted by molar-refractivity contribution is 7.89. The van der Waals surface area contributed by atoms with Gasteiger partial charge in [-0.15, -0.1) is 0 Å². The molecule has 23 heavy (non-hydrogen) atoms. The van der Waals surface area contributed by atoms with Gasteiger partial charge in [-0.25, -0.2) is 0 Å². The fourth-order valence-corrected chi connectivity index (χ4v) is 5.34. The number of hydrogen-bond acceptors (Lipinski definition) is 6. The first-order valence-corrected chi connectivity index (χ1v) is 10.4. The molecule has 128 valence electrons. The van der Waals surface area contributed by atoms with Gasteiger partial charge in [0, 0.05) is 51.7 Å². The number of hydrogen-bond donors (Lipinski definition) is 0. The van der Waals surface area contributed by atoms with Gasteiger partial charge in [-0.05, 0) is 12.2 Å². The van der Waals surface area contributed by atoms with E-state index < -0.39 is 21.6 Å². The van der Waals surface area contributed by atoms with Crippen molar-refractivity contribution in [1.82, 2.24) is 0 Å². The van der Waals surface area contributed by atoms with Gasteiger partial charge in [0.15, 0.2) is 0 Å². The summed E-state index contributed by atoms with van der Waals surface area (Å²) in [6, 6.07) is 0. The smallest absolute Gasteiger partial charge is 0.314 e. The third-order valence-corrected chi connectivity index (χ3v) is 6.81. The highest BCUT2D eigenvalue weighted by Gasteiger charge is 2.25. The first kappa shape index (κ1) is 18.1. The second-order valence-corrected chi connectivity index (χ2v) is 8.88. The van der Waals surface area contributed by atoms with Crippen molar-refractivity contribution < 1.29 is 27.5 Å². The van der Waals surface area contributed by atoms with E-state index in [1.54, 1.807) is 12.2 Å². The molecule has 6 nitrogen and oxygen atoms in total. The van der Waals surface area contributed by atoms with Gasteiger partial charge in [-0.3, -0.25) is 18.0 Å². The van der Waals surface area contributed by atoms with Crippen LogP contribution in [-0.4, -0.2) is 42.9 Å². The van der Waals surface area contributed by atoms with Gasteiger partial charge in [-0.1, -0.05) is 6.92 Å². The van der Waals surface area contributed by atoms with Crippen LogP contribution >= 0.6 is 0 Å². The SMILES string of the molecule is CCS(=O)C(CC1=CCC(=O)O1)CS(=O)CCC1=CCC(=O)O1. The Bertz CT molecular complexity index is 593. The van der Waals surface area contributed by atoms with Gasteiger partial charge in [0.25, 0.3) is 0 Å². The highest BCUT2D eigenvalue weighted by atomic mass is 32.2. The molecule has 0 N–H and O–H groups in total. The van der Waals surface area contributed by atoms with E-state index in [0.717, 1.165) is 0 Å². The fourth-order valence-electron chi connectivity index (χ4n) is 2.32. The van der Waals surface area contributed by atoms with Crippen LogP contribution in [0.15, 0.2) is 23.7 Å². The first-order chi connectivity index (χ1) is 11.0. The van der Waals surface area contributed by atoms with Gasteiger partial charge in [0.1, 0.15) is 11.5 Å². The summed E-state index contributed by atoms with van der Waals surface area (Å²) in [6.45, 7) is 1.81. The largest absolute Gasteiger partial charge is 0.431 e. The predicted molar refractivity (Wildman–Crippen MR) is 87.2 cm³/mol. The Hall–Kier alpha value is -1.28. The standard InChI is InChI=1S/C15H20O6S2/c1-2-23(19)13(9-12-4-6-15(17)21-12)10-22(18)8-7-11-3-5-14(16)20-11/h3-4,13H,2,5-10H2,1H3. The van der Waals surface area contributed by atoms with E-state index in [9.17, 15) is 18.0 Å². The number of esters is 2. The summed E-state index contributed by atoms with van der Waals surface area (Å²) in [4.78, 5) is 22.1. The Labute approximate surface area is 140 Å². The van der Waals surface area contributed by atoms with Crippen LogP contribution in [0, 0.1) is 0 Å². The average Bonchev–Trinajstić information content (AvgIpc) is 3.12. The first-order valence-electron chi connectivity index (χ1n) is 7.49. The molecule has 2 aliphatic heterocycles. The summed E-state index contributed by atoms with van der Waals surface area (Å²) in [7, 11) is -2.31. The minimum atomic E-state index is -1.18. The maximum absolute atomic E-state index is 12.2. The van der Waals surface area contributed by atoms with Gasteiger partial charge >= 0.3 is 11.9 Å². The third-order valence-electron chi connectivity index (χ3n) is 3.52. The van der Waals surface area contributed by atoms with Crippen LogP contribution in [0.3, 0.4) is 0 Å². The summed E-state index contributed by atoms with van der Waals surface area (Å²) in [5.74, 6) is 1.58. The highest BCUT2D eigenvalue weighted by Crippen LogP contribution is 2.20. The van der Waals surface area contributed by atoms with Crippen molar-refractivity contribution in [1.29, 1.82) is 0 Å². The lowest BCUT2D eigenvalue weighted by molar-refractivity contribution is -0.137. The van der Waals surface area contributed by atoms with Crippen molar-refractivity contribution in [3.63, 3.8) is 0 Å². The van der Waals surface area contributed by atoms with Crippen LogP contribution in [0.5, 0.6) is 0 Å². The number of rotatable bonds is 9. The Morgan fingerprint density at radius 1 is 1.09 bits per heavy atom. The number of cyclic esters (lactones) is 2. The fraction of sp³-hybridized carbons (Fsp3) is 0.600. The van der Waals surface area contributed by atoms with E-state index in [0.29, 0.717) is 35.9 Å². The van der Waals surface area contributed by atoms with Crippen LogP contribution < -0.4 is 0 Å². The Balaban J connectivity index is 1.84. The minimum Gasteiger partial charge on any atom is -0.431 e. The lowest BCUT2D eigenvalue weighted by atomic mass is 10.2. The van der Waals surface area contributed by atoms with Crippen LogP contribution in [0.4, 0.5) is 0 Å². The number of ether oxygens (including phenoxy) is 2. The molecule has 0 aromatic carbocycles. The Kier molecular flexibility index (Phi) is 6.71. The number of carbonyl (C=O) groups excluding carboxylic acids is 2. The number of carbonyl (C=O) groups is 2. The maximum Gasteiger partial charge on any atom is 0.314 e. The van der Waals surface area contributed by atoms with Crippen molar-refractivity contribution in [3.05, 3.63) is 23.7 Å². The molecule has 2 rings (SSSR count). The number of allylic oxidation sites excluding steroid dienone is 2. The molecule has 2 heterocycles. The predicted octanol–water partition coefficient (Wildman–Crippen LogP) is 1.31. The van der Waals surface area contributed by atoms with Crippen LogP contribution in [0.2, 0.25) is 0 Å². The van der Waals surface area contributed by atoms with Gasteiger partial charge < -0.3 is 9.47 Å². The van der Waals surface area contributed by atoms with E-state index in [-0.39, 0.29) is 35.8 Å². The molecular weight excluding hydrogens is 340 g/mol. The van der Waals surface area contributed by atoms with E-state index >= 15 is 0 Å². The van der Waals surface area contributed by atoms with Crippen LogP contribution in [0.1, 0.15) is 32.6 Å². The zero-order valence-electron chi connectivity index (χ0n) is 12.9. The van der Waals surface area contributed by atoms with Crippen molar-refractivity contribution in [3.8, 4) is 0 Å². The van der Waals surface area contributed by atoms with E-state index in [2.05, 4.69) is 0 Å². The zero-order valence-corrected chi connectivity index (χ0v) is 14.6. The molecule has 0 bridgehead atoms. The zero-order chi connectivity index (χ0) is 16.8. The molecule has 3 atom stereocenters. The maximum atomic E-state index is 12.2. The average molecular weight is 360 g/mol. The summed E-state index contributed by atoms with van der Waals surface area (Å²) >= 11 is 0. The molecule has 0 aliphatic carbocycles. The summed E-state index contributed by atoms with van der Waals surface area (Å²) in [5.41, 5.74) is 0. The molecule has 0 saturated heterocycles. The van der Waals surface area contributed by atoms with Gasteiger partial charge in [-0.2, -0.15) is 0 Å². The lowest BCUT2D eigenvalue weighted by Crippen LogP contribution is -2.26. The van der Waals surface area contributed by atoms with Crippen molar-refractivity contribution in [2.24, 2.45) is 0 Å². The van der Waals surface area contributed by atoms with E-state index in [1.165, 1.54) is 0 Å². The third kappa shape index (κ3) is 5.69. The molecule has 3 unspecified atom stereocenters. The van der Waals surface area contributed by atoms with Gasteiger partial charge in [0.2, 0.25) is 0 Å². The summed E-state index contributed by atoms with van der Waals surface area (Å²) < 4.78 is 34.4. The quantitative estimate of drug-likeness (QED) is 0.576. The Morgan fingerprint density at radius 2 is 1.70 bits per heavy atom. The van der Waals surface area contributed by atoms with Crippen molar-refractivity contribution in [2.45, 2.75) is 37.9 Å².